The summed E-state index contributed by atoms with van der Waals surface area (Å²) in [7, 11) is 0. The number of nitrogens with one attached hydrogen (secondary N) is 2. The Morgan fingerprint density at radius 2 is 2.00 bits per heavy atom. The third-order valence-corrected chi connectivity index (χ3v) is 4.01. The van der Waals surface area contributed by atoms with E-state index in [1.807, 2.05) is 0 Å². The number of hydrogen-bond donors (Lipinski definition) is 3. The number of hydrogen-bond acceptors (Lipinski definition) is 8. The third-order valence-electron chi connectivity index (χ3n) is 4.01. The molecule has 2 aliphatic heterocycles. The average molecular weight is 365 g/mol. The Morgan fingerprint density at radius 3 is 2.77 bits per heavy atom. The van der Waals surface area contributed by atoms with Crippen molar-refractivity contribution in [1.82, 2.24) is 10.2 Å². The maximum atomic E-state index is 13.2. The maximum Gasteiger partial charge on any atom is 0.175 e. The lowest BCUT2D eigenvalue weighted by atomic mass is 10.2. The lowest BCUT2D eigenvalue weighted by Crippen LogP contribution is -2.42. The van der Waals surface area contributed by atoms with Gasteiger partial charge in [-0.15, -0.1) is 10.2 Å². The van der Waals surface area contributed by atoms with Crippen LogP contribution in [0.3, 0.4) is 0 Å². The molecule has 0 radical (unpaired) electrons. The van der Waals surface area contributed by atoms with E-state index in [0.717, 1.165) is 51.5 Å². The zero-order chi connectivity index (χ0) is 18.4. The van der Waals surface area contributed by atoms with Gasteiger partial charge in [0.1, 0.15) is 5.71 Å². The van der Waals surface area contributed by atoms with Gasteiger partial charge in [0.15, 0.2) is 23.2 Å². The molecule has 10 heteroatoms. The molecule has 2 aliphatic rings. The molecule has 4 N–H and O–H groups in total. The molecule has 26 heavy (non-hydrogen) atoms. The fourth-order valence-electron chi connectivity index (χ4n) is 2.55. The standard InChI is InChI=1S/C16H21F2N7O/c17-12-2-1-11(9-13(12)18)21-23-15-14(22-24-16(15)19)10-20-3-4-25-5-7-26-8-6-25/h1-2,9,20-21H,3-8,10H2,(H2,19,23,24). The lowest BCUT2D eigenvalue weighted by Gasteiger charge is -2.26. The van der Waals surface area contributed by atoms with Crippen molar-refractivity contribution in [1.29, 1.82) is 0 Å². The fraction of sp³-hybridized carbons (Fsp3) is 0.438. The average Bonchev–Trinajstić information content (AvgIpc) is 3.00. The predicted molar refractivity (Wildman–Crippen MR) is 96.6 cm³/mol. The van der Waals surface area contributed by atoms with Gasteiger partial charge in [0.2, 0.25) is 0 Å². The first kappa shape index (κ1) is 18.4. The van der Waals surface area contributed by atoms with Crippen LogP contribution < -0.4 is 16.5 Å². The monoisotopic (exact) mass is 365 g/mol. The number of ether oxygens (including phenoxy) is 1. The summed E-state index contributed by atoms with van der Waals surface area (Å²) < 4.78 is 31.5. The van der Waals surface area contributed by atoms with E-state index in [-0.39, 0.29) is 5.84 Å². The normalized spacial score (nSPS) is 19.5. The predicted octanol–water partition coefficient (Wildman–Crippen LogP) is 0.381. The highest BCUT2D eigenvalue weighted by molar-refractivity contribution is 6.69. The molecule has 1 aromatic rings. The largest absolute Gasteiger partial charge is 0.380 e. The molecule has 2 heterocycles. The van der Waals surface area contributed by atoms with Gasteiger partial charge in [-0.2, -0.15) is 5.10 Å². The van der Waals surface area contributed by atoms with Gasteiger partial charge in [-0.25, -0.2) is 8.78 Å². The second kappa shape index (κ2) is 8.79. The molecule has 0 bridgehead atoms. The van der Waals surface area contributed by atoms with Crippen LogP contribution in [0.4, 0.5) is 14.5 Å². The molecule has 0 amide bonds. The van der Waals surface area contributed by atoms with E-state index in [1.54, 1.807) is 0 Å². The van der Waals surface area contributed by atoms with Gasteiger partial charge in [0, 0.05) is 38.8 Å². The van der Waals surface area contributed by atoms with Crippen LogP contribution in [0, 0.1) is 11.6 Å². The summed E-state index contributed by atoms with van der Waals surface area (Å²) in [5.74, 6) is -1.70. The zero-order valence-corrected chi connectivity index (χ0v) is 14.2. The van der Waals surface area contributed by atoms with Crippen molar-refractivity contribution in [3.05, 3.63) is 29.8 Å². The smallest absolute Gasteiger partial charge is 0.175 e. The Bertz CT molecular complexity index is 729. The molecule has 0 spiro atoms. The highest BCUT2D eigenvalue weighted by Crippen LogP contribution is 2.13. The number of rotatable bonds is 7. The van der Waals surface area contributed by atoms with Crippen molar-refractivity contribution in [3.8, 4) is 0 Å². The Kier molecular flexibility index (Phi) is 6.21. The van der Waals surface area contributed by atoms with E-state index >= 15 is 0 Å². The molecular weight excluding hydrogens is 344 g/mol. The molecule has 140 valence electrons. The van der Waals surface area contributed by atoms with Crippen molar-refractivity contribution in [2.75, 3.05) is 51.4 Å². The van der Waals surface area contributed by atoms with E-state index in [0.29, 0.717) is 23.7 Å². The highest BCUT2D eigenvalue weighted by atomic mass is 19.2. The summed E-state index contributed by atoms with van der Waals surface area (Å²) in [6.07, 6.45) is 0. The summed E-state index contributed by atoms with van der Waals surface area (Å²) in [4.78, 5) is 2.32. The Balaban J connectivity index is 1.50. The molecule has 0 saturated carbocycles. The number of morpholine rings is 1. The van der Waals surface area contributed by atoms with Gasteiger partial charge >= 0.3 is 0 Å². The minimum absolute atomic E-state index is 0.171. The van der Waals surface area contributed by atoms with E-state index in [9.17, 15) is 8.78 Å². The van der Waals surface area contributed by atoms with Crippen LogP contribution in [0.2, 0.25) is 0 Å². The molecule has 0 atom stereocenters. The maximum absolute atomic E-state index is 13.2. The second-order valence-corrected chi connectivity index (χ2v) is 5.86. The molecule has 1 fully saturated rings. The zero-order valence-electron chi connectivity index (χ0n) is 14.2. The van der Waals surface area contributed by atoms with E-state index < -0.39 is 11.6 Å². The quantitative estimate of drug-likeness (QED) is 0.479. The summed E-state index contributed by atoms with van der Waals surface area (Å²) in [6, 6.07) is 3.41. The lowest BCUT2D eigenvalue weighted by molar-refractivity contribution is 0.0386. The first-order chi connectivity index (χ1) is 12.6. The molecule has 1 aromatic carbocycles. The SMILES string of the molecule is NC1=NN=C(CNCCN2CCOCC2)/C1=N\Nc1ccc(F)c(F)c1. The molecule has 0 aliphatic carbocycles. The van der Waals surface area contributed by atoms with Gasteiger partial charge in [0.05, 0.1) is 18.9 Å². The number of halogens is 2. The molecule has 0 aromatic heterocycles. The number of anilines is 1. The molecular formula is C16H21F2N7O. The number of nitrogens with two attached hydrogens (primary N) is 1. The van der Waals surface area contributed by atoms with Crippen LogP contribution in [-0.2, 0) is 4.74 Å². The number of nitrogens with zero attached hydrogens (tertiary/aromatic N) is 4. The minimum atomic E-state index is -0.957. The topological polar surface area (TPSA) is 99.6 Å². The van der Waals surface area contributed by atoms with Crippen LogP contribution in [0.25, 0.3) is 0 Å². The van der Waals surface area contributed by atoms with Crippen LogP contribution >= 0.6 is 0 Å². The van der Waals surface area contributed by atoms with Crippen LogP contribution in [-0.4, -0.2) is 68.1 Å². The van der Waals surface area contributed by atoms with Gasteiger partial charge in [-0.05, 0) is 12.1 Å². The van der Waals surface area contributed by atoms with Gasteiger partial charge in [-0.1, -0.05) is 0 Å². The number of amidine groups is 1. The highest BCUT2D eigenvalue weighted by Gasteiger charge is 2.19. The van der Waals surface area contributed by atoms with Gasteiger partial charge in [0.25, 0.3) is 0 Å². The minimum Gasteiger partial charge on any atom is -0.380 e. The number of hydrazone groups is 1. The van der Waals surface area contributed by atoms with E-state index in [1.165, 1.54) is 6.07 Å². The summed E-state index contributed by atoms with van der Waals surface area (Å²) in [5, 5.41) is 15.2. The Labute approximate surface area is 149 Å². The molecule has 1 saturated heterocycles. The number of benzene rings is 1. The first-order valence-corrected chi connectivity index (χ1v) is 8.34. The van der Waals surface area contributed by atoms with Crippen LogP contribution in [0.1, 0.15) is 0 Å². The molecule has 8 nitrogen and oxygen atoms in total. The van der Waals surface area contributed by atoms with Crippen molar-refractivity contribution >= 4 is 22.9 Å². The van der Waals surface area contributed by atoms with Crippen molar-refractivity contribution in [3.63, 3.8) is 0 Å². The van der Waals surface area contributed by atoms with Crippen molar-refractivity contribution < 1.29 is 13.5 Å². The second-order valence-electron chi connectivity index (χ2n) is 5.86. The van der Waals surface area contributed by atoms with E-state index in [2.05, 4.69) is 30.9 Å². The Hall–Kier alpha value is -2.43. The molecule has 0 unspecified atom stereocenters. The summed E-state index contributed by atoms with van der Waals surface area (Å²) in [5.41, 5.74) is 9.70. The van der Waals surface area contributed by atoms with Crippen LogP contribution in [0.5, 0.6) is 0 Å². The van der Waals surface area contributed by atoms with Gasteiger partial charge in [-0.3, -0.25) is 10.3 Å². The fourth-order valence-corrected chi connectivity index (χ4v) is 2.55. The van der Waals surface area contributed by atoms with Crippen molar-refractivity contribution in [2.45, 2.75) is 0 Å². The first-order valence-electron chi connectivity index (χ1n) is 8.34. The van der Waals surface area contributed by atoms with E-state index in [4.69, 9.17) is 10.5 Å². The molecule has 3 rings (SSSR count). The van der Waals surface area contributed by atoms with Crippen LogP contribution in [0.15, 0.2) is 33.5 Å². The summed E-state index contributed by atoms with van der Waals surface area (Å²) >= 11 is 0. The summed E-state index contributed by atoms with van der Waals surface area (Å²) in [6.45, 7) is 5.54. The van der Waals surface area contributed by atoms with Gasteiger partial charge < -0.3 is 15.8 Å². The van der Waals surface area contributed by atoms with Crippen molar-refractivity contribution in [2.24, 2.45) is 21.0 Å². The third kappa shape index (κ3) is 4.81. The Morgan fingerprint density at radius 1 is 1.19 bits per heavy atom.